The zero-order chi connectivity index (χ0) is 15.4. The Kier molecular flexibility index (Phi) is 5.81. The summed E-state index contributed by atoms with van der Waals surface area (Å²) >= 11 is 3.42. The first kappa shape index (κ1) is 16.8. The molecule has 0 aliphatic carbocycles. The summed E-state index contributed by atoms with van der Waals surface area (Å²) in [5.74, 6) is -0.501. The number of benzene rings is 1. The second-order valence-corrected chi connectivity index (χ2v) is 5.96. The Morgan fingerprint density at radius 1 is 1.15 bits per heavy atom. The number of hydrogen-bond acceptors (Lipinski definition) is 2. The van der Waals surface area contributed by atoms with Gasteiger partial charge in [-0.15, -0.1) is 0 Å². The van der Waals surface area contributed by atoms with Crippen molar-refractivity contribution in [1.82, 2.24) is 0 Å². The molecule has 0 saturated carbocycles. The van der Waals surface area contributed by atoms with Crippen molar-refractivity contribution in [2.45, 2.75) is 47.0 Å². The largest absolute Gasteiger partial charge is 0.506 e. The molecule has 0 spiro atoms. The van der Waals surface area contributed by atoms with Crippen LogP contribution in [0.25, 0.3) is 0 Å². The van der Waals surface area contributed by atoms with Crippen LogP contribution in [0.5, 0.6) is 5.75 Å². The molecule has 0 aliphatic heterocycles. The van der Waals surface area contributed by atoms with Gasteiger partial charge in [-0.2, -0.15) is 0 Å². The summed E-state index contributed by atoms with van der Waals surface area (Å²) in [6.45, 7) is 7.94. The van der Waals surface area contributed by atoms with Crippen LogP contribution in [0, 0.1) is 20.8 Å². The van der Waals surface area contributed by atoms with E-state index in [-0.39, 0.29) is 12.2 Å². The predicted octanol–water partition coefficient (Wildman–Crippen LogP) is 4.43. The number of phenols is 1. The molecular weight excluding hydrogens is 320 g/mol. The van der Waals surface area contributed by atoms with E-state index in [1.54, 1.807) is 0 Å². The van der Waals surface area contributed by atoms with Gasteiger partial charge in [-0.3, -0.25) is 4.79 Å². The highest BCUT2D eigenvalue weighted by Gasteiger charge is 2.14. The lowest BCUT2D eigenvalue weighted by Crippen LogP contribution is -1.98. The van der Waals surface area contributed by atoms with Gasteiger partial charge in [0.2, 0.25) is 0 Å². The van der Waals surface area contributed by atoms with E-state index in [0.29, 0.717) is 12.8 Å². The summed E-state index contributed by atoms with van der Waals surface area (Å²) in [5.41, 5.74) is 5.23. The highest BCUT2D eigenvalue weighted by Crippen LogP contribution is 2.36. The first-order valence-electron chi connectivity index (χ1n) is 6.60. The van der Waals surface area contributed by atoms with E-state index in [0.717, 1.165) is 26.7 Å². The Morgan fingerprint density at radius 2 is 1.75 bits per heavy atom. The summed E-state index contributed by atoms with van der Waals surface area (Å²) in [6.07, 6.45) is 3.29. The Labute approximate surface area is 128 Å². The molecule has 20 heavy (non-hydrogen) atoms. The molecule has 0 aliphatic rings. The standard InChI is InChI=1S/C16H21BrO3/c1-9(6-8-14(18)19)5-7-13-11(3)10(2)12(4)15(17)16(13)20/h5,20H,6-8H2,1-4H3,(H,18,19)/b9-5+. The number of carboxylic acids is 1. The van der Waals surface area contributed by atoms with Crippen LogP contribution >= 0.6 is 15.9 Å². The van der Waals surface area contributed by atoms with E-state index < -0.39 is 5.97 Å². The van der Waals surface area contributed by atoms with E-state index in [9.17, 15) is 9.90 Å². The molecule has 110 valence electrons. The zero-order valence-electron chi connectivity index (χ0n) is 12.4. The average molecular weight is 341 g/mol. The van der Waals surface area contributed by atoms with E-state index in [1.165, 1.54) is 5.56 Å². The number of phenolic OH excluding ortho intramolecular Hbond substituents is 1. The predicted molar refractivity (Wildman–Crippen MR) is 84.3 cm³/mol. The minimum absolute atomic E-state index is 0.143. The monoisotopic (exact) mass is 340 g/mol. The molecule has 0 atom stereocenters. The van der Waals surface area contributed by atoms with Crippen LogP contribution < -0.4 is 0 Å². The van der Waals surface area contributed by atoms with Gasteiger partial charge in [0.1, 0.15) is 5.75 Å². The van der Waals surface area contributed by atoms with Crippen molar-refractivity contribution in [2.75, 3.05) is 0 Å². The van der Waals surface area contributed by atoms with Crippen molar-refractivity contribution in [3.8, 4) is 5.75 Å². The molecule has 1 aromatic carbocycles. The summed E-state index contributed by atoms with van der Waals surface area (Å²) in [5, 5.41) is 18.9. The van der Waals surface area contributed by atoms with Crippen LogP contribution in [0.2, 0.25) is 0 Å². The van der Waals surface area contributed by atoms with Gasteiger partial charge >= 0.3 is 5.97 Å². The van der Waals surface area contributed by atoms with Crippen LogP contribution in [-0.4, -0.2) is 16.2 Å². The molecule has 3 nitrogen and oxygen atoms in total. The van der Waals surface area contributed by atoms with Crippen LogP contribution in [0.1, 0.15) is 42.0 Å². The summed E-state index contributed by atoms with van der Waals surface area (Å²) in [7, 11) is 0. The molecule has 0 bridgehead atoms. The van der Waals surface area contributed by atoms with Crippen molar-refractivity contribution in [2.24, 2.45) is 0 Å². The van der Waals surface area contributed by atoms with Crippen LogP contribution in [0.3, 0.4) is 0 Å². The Hall–Kier alpha value is -1.29. The van der Waals surface area contributed by atoms with Crippen LogP contribution in [-0.2, 0) is 11.2 Å². The normalized spacial score (nSPS) is 11.8. The molecule has 0 aromatic heterocycles. The summed E-state index contributed by atoms with van der Waals surface area (Å²) in [6, 6.07) is 0. The van der Waals surface area contributed by atoms with Gasteiger partial charge in [0.25, 0.3) is 0 Å². The number of rotatable bonds is 5. The first-order valence-corrected chi connectivity index (χ1v) is 7.39. The van der Waals surface area contributed by atoms with Gasteiger partial charge in [0, 0.05) is 12.0 Å². The second kappa shape index (κ2) is 6.93. The third-order valence-electron chi connectivity index (χ3n) is 3.79. The molecule has 0 fully saturated rings. The fourth-order valence-electron chi connectivity index (χ4n) is 2.09. The lowest BCUT2D eigenvalue weighted by molar-refractivity contribution is -0.136. The fourth-order valence-corrected chi connectivity index (χ4v) is 2.63. The molecule has 0 radical (unpaired) electrons. The number of allylic oxidation sites excluding steroid dienone is 2. The first-order chi connectivity index (χ1) is 9.25. The van der Waals surface area contributed by atoms with Crippen molar-refractivity contribution in [1.29, 1.82) is 0 Å². The van der Waals surface area contributed by atoms with E-state index in [1.807, 2.05) is 33.8 Å². The third kappa shape index (κ3) is 3.85. The highest BCUT2D eigenvalue weighted by atomic mass is 79.9. The number of aromatic hydroxyl groups is 1. The number of aliphatic carboxylic acids is 1. The molecule has 0 heterocycles. The van der Waals surface area contributed by atoms with Gasteiger partial charge in [0.15, 0.2) is 0 Å². The van der Waals surface area contributed by atoms with Gasteiger partial charge in [-0.25, -0.2) is 0 Å². The van der Waals surface area contributed by atoms with Crippen LogP contribution in [0.15, 0.2) is 16.1 Å². The van der Waals surface area contributed by atoms with Gasteiger partial charge < -0.3 is 10.2 Å². The zero-order valence-corrected chi connectivity index (χ0v) is 14.0. The van der Waals surface area contributed by atoms with Crippen molar-refractivity contribution in [3.63, 3.8) is 0 Å². The molecule has 1 rings (SSSR count). The smallest absolute Gasteiger partial charge is 0.303 e. The van der Waals surface area contributed by atoms with Gasteiger partial charge in [-0.1, -0.05) is 11.6 Å². The topological polar surface area (TPSA) is 57.5 Å². The Balaban J connectivity index is 2.99. The Morgan fingerprint density at radius 3 is 2.30 bits per heavy atom. The summed E-state index contributed by atoms with van der Waals surface area (Å²) < 4.78 is 0.743. The number of carbonyl (C=O) groups is 1. The minimum Gasteiger partial charge on any atom is -0.506 e. The second-order valence-electron chi connectivity index (χ2n) is 5.16. The highest BCUT2D eigenvalue weighted by molar-refractivity contribution is 9.10. The van der Waals surface area contributed by atoms with Gasteiger partial charge in [0.05, 0.1) is 4.47 Å². The molecular formula is C16H21BrO3. The maximum Gasteiger partial charge on any atom is 0.303 e. The molecule has 1 aromatic rings. The van der Waals surface area contributed by atoms with Crippen molar-refractivity contribution >= 4 is 21.9 Å². The average Bonchev–Trinajstić information content (AvgIpc) is 2.40. The van der Waals surface area contributed by atoms with E-state index in [4.69, 9.17) is 5.11 Å². The summed E-state index contributed by atoms with van der Waals surface area (Å²) in [4.78, 5) is 10.5. The van der Waals surface area contributed by atoms with Crippen molar-refractivity contribution < 1.29 is 15.0 Å². The Bertz CT molecular complexity index is 530. The third-order valence-corrected chi connectivity index (χ3v) is 4.76. The van der Waals surface area contributed by atoms with E-state index in [2.05, 4.69) is 15.9 Å². The SMILES string of the molecule is C/C(=C\Cc1c(C)c(C)c(C)c(Br)c1O)CCC(=O)O. The minimum atomic E-state index is -0.786. The van der Waals surface area contributed by atoms with E-state index >= 15 is 0 Å². The van der Waals surface area contributed by atoms with Crippen LogP contribution in [0.4, 0.5) is 0 Å². The van der Waals surface area contributed by atoms with Crippen molar-refractivity contribution in [3.05, 3.63) is 38.4 Å². The quantitative estimate of drug-likeness (QED) is 0.779. The lowest BCUT2D eigenvalue weighted by atomic mass is 9.95. The number of hydrogen-bond donors (Lipinski definition) is 2. The molecule has 0 saturated heterocycles. The number of carboxylic acid groups (broad SMARTS) is 1. The molecule has 0 unspecified atom stereocenters. The maximum atomic E-state index is 10.5. The molecule has 2 N–H and O–H groups in total. The fraction of sp³-hybridized carbons (Fsp3) is 0.438. The lowest BCUT2D eigenvalue weighted by Gasteiger charge is -2.15. The maximum absolute atomic E-state index is 10.5. The molecule has 4 heteroatoms. The van der Waals surface area contributed by atoms with Gasteiger partial charge in [-0.05, 0) is 73.2 Å². The molecule has 0 amide bonds. The number of halogens is 1.